The fourth-order valence-corrected chi connectivity index (χ4v) is 1.06. The summed E-state index contributed by atoms with van der Waals surface area (Å²) in [6, 6.07) is 8.60. The van der Waals surface area contributed by atoms with Crippen LogP contribution >= 0.6 is 0 Å². The van der Waals surface area contributed by atoms with Gasteiger partial charge in [-0.15, -0.1) is 0 Å². The van der Waals surface area contributed by atoms with Crippen molar-refractivity contribution in [2.75, 3.05) is 0 Å². The first-order valence-corrected chi connectivity index (χ1v) is 4.56. The quantitative estimate of drug-likeness (QED) is 0.630. The molecule has 1 rings (SSSR count). The maximum absolute atomic E-state index is 2.23. The molecule has 0 aromatic heterocycles. The molecule has 64 valence electrons. The molecule has 0 atom stereocenters. The second-order valence-electron chi connectivity index (χ2n) is 3.10. The Morgan fingerprint density at radius 1 is 1.17 bits per heavy atom. The van der Waals surface area contributed by atoms with Gasteiger partial charge in [0, 0.05) is 0 Å². The van der Waals surface area contributed by atoms with E-state index in [9.17, 15) is 0 Å². The van der Waals surface area contributed by atoms with Gasteiger partial charge in [0.25, 0.3) is 0 Å². The summed E-state index contributed by atoms with van der Waals surface area (Å²) in [5, 5.41) is 0. The first-order chi connectivity index (χ1) is 5.83. The van der Waals surface area contributed by atoms with Gasteiger partial charge in [0.15, 0.2) is 0 Å². The molecule has 0 fully saturated rings. The van der Waals surface area contributed by atoms with Crippen LogP contribution in [0.25, 0.3) is 6.08 Å². The molecule has 0 heteroatoms. The van der Waals surface area contributed by atoms with Crippen molar-refractivity contribution in [2.45, 2.75) is 26.7 Å². The van der Waals surface area contributed by atoms with Gasteiger partial charge in [-0.05, 0) is 18.9 Å². The van der Waals surface area contributed by atoms with Crippen molar-refractivity contribution in [1.82, 2.24) is 0 Å². The summed E-state index contributed by atoms with van der Waals surface area (Å²) < 4.78 is 0. The molecule has 0 aliphatic carbocycles. The SMILES string of the molecule is CCC/C=C\c1ccc(C)cc1. The normalized spacial score (nSPS) is 10.8. The zero-order valence-electron chi connectivity index (χ0n) is 7.88. The van der Waals surface area contributed by atoms with Crippen molar-refractivity contribution < 1.29 is 0 Å². The maximum Gasteiger partial charge on any atom is -0.0260 e. The lowest BCUT2D eigenvalue weighted by Crippen LogP contribution is -1.73. The Bertz CT molecular complexity index is 241. The first kappa shape index (κ1) is 9.05. The van der Waals surface area contributed by atoms with Crippen molar-refractivity contribution >= 4 is 6.08 Å². The van der Waals surface area contributed by atoms with Crippen LogP contribution in [0.3, 0.4) is 0 Å². The van der Waals surface area contributed by atoms with E-state index < -0.39 is 0 Å². The van der Waals surface area contributed by atoms with E-state index in [4.69, 9.17) is 0 Å². The van der Waals surface area contributed by atoms with Crippen molar-refractivity contribution in [1.29, 1.82) is 0 Å². The molecule has 0 nitrogen and oxygen atoms in total. The van der Waals surface area contributed by atoms with E-state index in [1.807, 2.05) is 0 Å². The van der Waals surface area contributed by atoms with Crippen LogP contribution in [-0.2, 0) is 0 Å². The maximum atomic E-state index is 2.23. The Morgan fingerprint density at radius 3 is 2.42 bits per heavy atom. The summed E-state index contributed by atoms with van der Waals surface area (Å²) in [5.41, 5.74) is 2.62. The lowest BCUT2D eigenvalue weighted by atomic mass is 10.1. The molecule has 0 N–H and O–H groups in total. The van der Waals surface area contributed by atoms with Gasteiger partial charge in [-0.3, -0.25) is 0 Å². The standard InChI is InChI=1S/C12H16/c1-3-4-5-6-12-9-7-11(2)8-10-12/h5-10H,3-4H2,1-2H3/b6-5-. The van der Waals surface area contributed by atoms with Gasteiger partial charge in [-0.1, -0.05) is 55.3 Å². The zero-order chi connectivity index (χ0) is 8.81. The molecule has 1 aromatic rings. The Labute approximate surface area is 74.9 Å². The van der Waals surface area contributed by atoms with Gasteiger partial charge in [0.1, 0.15) is 0 Å². The lowest BCUT2D eigenvalue weighted by Gasteiger charge is -1.93. The number of benzene rings is 1. The third-order valence-corrected chi connectivity index (χ3v) is 1.84. The minimum absolute atomic E-state index is 1.17. The van der Waals surface area contributed by atoms with Crippen LogP contribution in [0.4, 0.5) is 0 Å². The topological polar surface area (TPSA) is 0 Å². The van der Waals surface area contributed by atoms with E-state index in [2.05, 4.69) is 50.3 Å². The van der Waals surface area contributed by atoms with Crippen molar-refractivity contribution in [3.63, 3.8) is 0 Å². The number of rotatable bonds is 3. The Hall–Kier alpha value is -1.04. The van der Waals surface area contributed by atoms with Gasteiger partial charge in [-0.25, -0.2) is 0 Å². The molecule has 0 saturated carbocycles. The molecule has 0 unspecified atom stereocenters. The largest absolute Gasteiger partial charge is 0.0840 e. The second kappa shape index (κ2) is 4.76. The van der Waals surface area contributed by atoms with E-state index in [-0.39, 0.29) is 0 Å². The molecule has 0 heterocycles. The molecule has 0 amide bonds. The number of aryl methyl sites for hydroxylation is 1. The van der Waals surface area contributed by atoms with E-state index in [0.717, 1.165) is 0 Å². The summed E-state index contributed by atoms with van der Waals surface area (Å²) in [6.45, 7) is 4.30. The van der Waals surface area contributed by atoms with E-state index >= 15 is 0 Å². The molecule has 0 radical (unpaired) electrons. The molecule has 0 saturated heterocycles. The van der Waals surface area contributed by atoms with Crippen LogP contribution in [0.5, 0.6) is 0 Å². The molecule has 0 spiro atoms. The number of allylic oxidation sites excluding steroid dienone is 1. The fraction of sp³-hybridized carbons (Fsp3) is 0.333. The van der Waals surface area contributed by atoms with Gasteiger partial charge in [0.05, 0.1) is 0 Å². The third kappa shape index (κ3) is 2.91. The predicted octanol–water partition coefficient (Wildman–Crippen LogP) is 3.81. The highest BCUT2D eigenvalue weighted by atomic mass is 13.9. The van der Waals surface area contributed by atoms with E-state index in [0.29, 0.717) is 0 Å². The van der Waals surface area contributed by atoms with Crippen molar-refractivity contribution in [2.24, 2.45) is 0 Å². The minimum Gasteiger partial charge on any atom is -0.0840 e. The van der Waals surface area contributed by atoms with E-state index in [1.54, 1.807) is 0 Å². The van der Waals surface area contributed by atoms with Gasteiger partial charge in [-0.2, -0.15) is 0 Å². The van der Waals surface area contributed by atoms with Crippen LogP contribution in [0, 0.1) is 6.92 Å². The smallest absolute Gasteiger partial charge is 0.0260 e. The van der Waals surface area contributed by atoms with Crippen LogP contribution in [-0.4, -0.2) is 0 Å². The van der Waals surface area contributed by atoms with Crippen molar-refractivity contribution in [3.8, 4) is 0 Å². The highest BCUT2D eigenvalue weighted by Crippen LogP contribution is 2.05. The van der Waals surface area contributed by atoms with Gasteiger partial charge < -0.3 is 0 Å². The summed E-state index contributed by atoms with van der Waals surface area (Å²) >= 11 is 0. The average molecular weight is 160 g/mol. The first-order valence-electron chi connectivity index (χ1n) is 4.56. The van der Waals surface area contributed by atoms with Crippen LogP contribution in [0.2, 0.25) is 0 Å². The van der Waals surface area contributed by atoms with Gasteiger partial charge >= 0.3 is 0 Å². The highest BCUT2D eigenvalue weighted by molar-refractivity contribution is 5.49. The molecule has 0 bridgehead atoms. The average Bonchev–Trinajstić information content (AvgIpc) is 2.09. The van der Waals surface area contributed by atoms with Crippen LogP contribution in [0.15, 0.2) is 30.3 Å². The Balaban J connectivity index is 2.58. The number of unbranched alkanes of at least 4 members (excludes halogenated alkanes) is 1. The fourth-order valence-electron chi connectivity index (χ4n) is 1.06. The minimum atomic E-state index is 1.17. The number of hydrogen-bond donors (Lipinski definition) is 0. The highest BCUT2D eigenvalue weighted by Gasteiger charge is 1.84. The number of hydrogen-bond acceptors (Lipinski definition) is 0. The summed E-state index contributed by atoms with van der Waals surface area (Å²) in [7, 11) is 0. The van der Waals surface area contributed by atoms with Crippen LogP contribution in [0.1, 0.15) is 30.9 Å². The second-order valence-corrected chi connectivity index (χ2v) is 3.10. The Morgan fingerprint density at radius 2 is 1.83 bits per heavy atom. The molecule has 12 heavy (non-hydrogen) atoms. The lowest BCUT2D eigenvalue weighted by molar-refractivity contribution is 0.962. The Kier molecular flexibility index (Phi) is 3.59. The molecule has 0 aliphatic rings. The van der Waals surface area contributed by atoms with Crippen molar-refractivity contribution in [3.05, 3.63) is 41.5 Å². The molecular formula is C12H16. The molecular weight excluding hydrogens is 144 g/mol. The molecule has 0 aliphatic heterocycles. The monoisotopic (exact) mass is 160 g/mol. The van der Waals surface area contributed by atoms with E-state index in [1.165, 1.54) is 24.0 Å². The predicted molar refractivity (Wildman–Crippen MR) is 55.1 cm³/mol. The van der Waals surface area contributed by atoms with Gasteiger partial charge in [0.2, 0.25) is 0 Å². The zero-order valence-corrected chi connectivity index (χ0v) is 7.88. The third-order valence-electron chi connectivity index (χ3n) is 1.84. The molecule has 1 aromatic carbocycles. The summed E-state index contributed by atoms with van der Waals surface area (Å²) in [6.07, 6.45) is 6.81. The summed E-state index contributed by atoms with van der Waals surface area (Å²) in [4.78, 5) is 0. The summed E-state index contributed by atoms with van der Waals surface area (Å²) in [5.74, 6) is 0. The van der Waals surface area contributed by atoms with Crippen LogP contribution < -0.4 is 0 Å².